The van der Waals surface area contributed by atoms with Crippen molar-refractivity contribution in [2.24, 2.45) is 0 Å². The summed E-state index contributed by atoms with van der Waals surface area (Å²) in [5, 5.41) is 20.7. The number of aliphatic hydroxyl groups is 1. The van der Waals surface area contributed by atoms with Crippen LogP contribution in [-0.4, -0.2) is 85.8 Å². The Balaban J connectivity index is 1.53. The van der Waals surface area contributed by atoms with Crippen molar-refractivity contribution < 1.29 is 23.4 Å². The maximum Gasteiger partial charge on any atom is 0.319 e. The Labute approximate surface area is 236 Å². The van der Waals surface area contributed by atoms with Crippen LogP contribution in [0.15, 0.2) is 12.3 Å². The van der Waals surface area contributed by atoms with E-state index in [4.69, 9.17) is 14.5 Å². The van der Waals surface area contributed by atoms with E-state index in [1.165, 1.54) is 0 Å². The zero-order valence-corrected chi connectivity index (χ0v) is 23.7. The van der Waals surface area contributed by atoms with Crippen LogP contribution in [0.4, 0.5) is 14.6 Å². The number of fused-ring (bicyclic) bond motifs is 3. The standard InChI is InChI=1S/C29H35F2N7O3/c1-15(2)41-27-22-25(23(31)24(34-27)21-17(4)16(3)10-20-19(21)12-33-37-20)35-28(36-26(22)32-7-9-39)40-14-29-6-5-8-38(29)13-18(30)11-29/h10,12,15,18,39H,5-9,11,13-14H2,1-4H3,(H,33,37)(H,32,35,36)/t18-,29+/m1/s1. The fourth-order valence-electron chi connectivity index (χ4n) is 6.24. The molecule has 1 aromatic carbocycles. The van der Waals surface area contributed by atoms with Crippen LogP contribution in [0.2, 0.25) is 0 Å². The van der Waals surface area contributed by atoms with Gasteiger partial charge in [-0.05, 0) is 64.3 Å². The van der Waals surface area contributed by atoms with E-state index in [1.54, 1.807) is 6.20 Å². The van der Waals surface area contributed by atoms with E-state index < -0.39 is 17.5 Å². The molecule has 41 heavy (non-hydrogen) atoms. The number of nitrogens with one attached hydrogen (secondary N) is 2. The Kier molecular flexibility index (Phi) is 7.14. The number of aromatic nitrogens is 5. The minimum atomic E-state index is -0.905. The summed E-state index contributed by atoms with van der Waals surface area (Å²) >= 11 is 0. The molecule has 0 bridgehead atoms. The second-order valence-electron chi connectivity index (χ2n) is 11.4. The van der Waals surface area contributed by atoms with E-state index in [2.05, 4.69) is 30.4 Å². The van der Waals surface area contributed by atoms with Crippen molar-refractivity contribution in [3.63, 3.8) is 0 Å². The first-order valence-electron chi connectivity index (χ1n) is 14.1. The molecule has 5 heterocycles. The molecule has 2 saturated heterocycles. The summed E-state index contributed by atoms with van der Waals surface area (Å²) in [6.07, 6.45) is 2.65. The third-order valence-electron chi connectivity index (χ3n) is 8.22. The molecular weight excluding hydrogens is 532 g/mol. The number of anilines is 1. The number of aromatic amines is 1. The van der Waals surface area contributed by atoms with Crippen LogP contribution in [0.25, 0.3) is 33.1 Å². The van der Waals surface area contributed by atoms with Crippen molar-refractivity contribution in [1.29, 1.82) is 0 Å². The highest BCUT2D eigenvalue weighted by Crippen LogP contribution is 2.42. The number of halogens is 2. The summed E-state index contributed by atoms with van der Waals surface area (Å²) in [5.74, 6) is -0.262. The second-order valence-corrected chi connectivity index (χ2v) is 11.4. The number of rotatable bonds is 9. The molecule has 0 amide bonds. The Morgan fingerprint density at radius 1 is 1.27 bits per heavy atom. The van der Waals surface area contributed by atoms with Gasteiger partial charge in [0.15, 0.2) is 5.82 Å². The third kappa shape index (κ3) is 4.82. The first-order chi connectivity index (χ1) is 19.7. The molecule has 3 aromatic heterocycles. The zero-order valence-electron chi connectivity index (χ0n) is 23.7. The number of pyridine rings is 1. The van der Waals surface area contributed by atoms with Gasteiger partial charge in [-0.1, -0.05) is 0 Å². The highest BCUT2D eigenvalue weighted by molar-refractivity contribution is 6.01. The maximum atomic E-state index is 16.7. The minimum Gasteiger partial charge on any atom is -0.474 e. The minimum absolute atomic E-state index is 0.0239. The zero-order chi connectivity index (χ0) is 28.9. The highest BCUT2D eigenvalue weighted by atomic mass is 19.1. The molecule has 2 aliphatic heterocycles. The van der Waals surface area contributed by atoms with E-state index in [0.29, 0.717) is 18.5 Å². The van der Waals surface area contributed by atoms with E-state index in [9.17, 15) is 9.50 Å². The van der Waals surface area contributed by atoms with E-state index >= 15 is 4.39 Å². The molecule has 218 valence electrons. The first kappa shape index (κ1) is 27.5. The summed E-state index contributed by atoms with van der Waals surface area (Å²) in [6, 6.07) is 1.93. The molecule has 2 atom stereocenters. The van der Waals surface area contributed by atoms with Gasteiger partial charge in [0.1, 0.15) is 35.2 Å². The fraction of sp³-hybridized carbons (Fsp3) is 0.517. The average Bonchev–Trinajstić information content (AvgIpc) is 3.62. The summed E-state index contributed by atoms with van der Waals surface area (Å²) in [5.41, 5.74) is 2.79. The lowest BCUT2D eigenvalue weighted by atomic mass is 9.95. The largest absolute Gasteiger partial charge is 0.474 e. The molecule has 0 spiro atoms. The van der Waals surface area contributed by atoms with E-state index in [0.717, 1.165) is 41.4 Å². The molecule has 0 radical (unpaired) electrons. The predicted molar refractivity (Wildman–Crippen MR) is 152 cm³/mol. The van der Waals surface area contributed by atoms with Gasteiger partial charge in [0, 0.05) is 30.5 Å². The number of aryl methyl sites for hydroxylation is 1. The van der Waals surface area contributed by atoms with Gasteiger partial charge in [0.2, 0.25) is 5.88 Å². The molecule has 4 aromatic rings. The fourth-order valence-corrected chi connectivity index (χ4v) is 6.24. The van der Waals surface area contributed by atoms with Crippen LogP contribution in [0.5, 0.6) is 11.9 Å². The lowest BCUT2D eigenvalue weighted by Gasteiger charge is -2.30. The number of hydrogen-bond acceptors (Lipinski definition) is 9. The van der Waals surface area contributed by atoms with Crippen molar-refractivity contribution in [3.8, 4) is 23.1 Å². The molecule has 0 aliphatic carbocycles. The molecular formula is C29H35F2N7O3. The van der Waals surface area contributed by atoms with Gasteiger partial charge in [0.25, 0.3) is 0 Å². The number of ether oxygens (including phenoxy) is 2. The number of alkyl halides is 1. The van der Waals surface area contributed by atoms with Gasteiger partial charge in [0.05, 0.1) is 30.0 Å². The Bertz CT molecular complexity index is 1610. The molecule has 2 fully saturated rings. The Morgan fingerprint density at radius 2 is 2.10 bits per heavy atom. The van der Waals surface area contributed by atoms with Crippen LogP contribution < -0.4 is 14.8 Å². The van der Waals surface area contributed by atoms with E-state index in [1.807, 2.05) is 33.8 Å². The predicted octanol–water partition coefficient (Wildman–Crippen LogP) is 4.47. The van der Waals surface area contributed by atoms with Crippen molar-refractivity contribution in [1.82, 2.24) is 30.0 Å². The lowest BCUT2D eigenvalue weighted by Crippen LogP contribution is -2.43. The third-order valence-corrected chi connectivity index (χ3v) is 8.22. The Hall–Kier alpha value is -3.64. The van der Waals surface area contributed by atoms with Gasteiger partial charge in [-0.3, -0.25) is 10.00 Å². The monoisotopic (exact) mass is 567 g/mol. The summed E-state index contributed by atoms with van der Waals surface area (Å²) in [7, 11) is 0. The quantitative estimate of drug-likeness (QED) is 0.269. The van der Waals surface area contributed by atoms with Gasteiger partial charge in [-0.15, -0.1) is 0 Å². The van der Waals surface area contributed by atoms with Crippen LogP contribution in [0, 0.1) is 19.7 Å². The molecule has 6 rings (SSSR count). The number of aliphatic hydroxyl groups excluding tert-OH is 1. The molecule has 3 N–H and O–H groups in total. The van der Waals surface area contributed by atoms with Crippen LogP contribution in [0.3, 0.4) is 0 Å². The van der Waals surface area contributed by atoms with Crippen molar-refractivity contribution >= 4 is 27.6 Å². The summed E-state index contributed by atoms with van der Waals surface area (Å²) in [4.78, 5) is 15.9. The normalized spacial score (nSPS) is 20.8. The van der Waals surface area contributed by atoms with Crippen molar-refractivity contribution in [3.05, 3.63) is 29.2 Å². The van der Waals surface area contributed by atoms with Gasteiger partial charge < -0.3 is 19.9 Å². The smallest absolute Gasteiger partial charge is 0.319 e. The maximum absolute atomic E-state index is 16.7. The van der Waals surface area contributed by atoms with Crippen LogP contribution >= 0.6 is 0 Å². The number of benzene rings is 1. The summed E-state index contributed by atoms with van der Waals surface area (Å²) < 4.78 is 43.2. The number of nitrogens with zero attached hydrogens (tertiary/aromatic N) is 5. The molecule has 12 heteroatoms. The SMILES string of the molecule is Cc1cc2[nH]ncc2c(-c2nc(OC(C)C)c3c(NCCO)nc(OC[C@@]45CCCN4C[C@H](F)C5)nc3c2F)c1C. The molecule has 0 unspecified atom stereocenters. The van der Waals surface area contributed by atoms with Crippen molar-refractivity contribution in [2.45, 2.75) is 64.8 Å². The van der Waals surface area contributed by atoms with Gasteiger partial charge in [-0.25, -0.2) is 13.8 Å². The molecule has 2 aliphatic rings. The lowest BCUT2D eigenvalue weighted by molar-refractivity contribution is 0.107. The number of hydrogen-bond donors (Lipinski definition) is 3. The summed E-state index contributed by atoms with van der Waals surface area (Å²) in [6.45, 7) is 8.97. The molecule has 0 saturated carbocycles. The van der Waals surface area contributed by atoms with Gasteiger partial charge in [-0.2, -0.15) is 15.1 Å². The Morgan fingerprint density at radius 3 is 2.88 bits per heavy atom. The molecule has 10 nitrogen and oxygen atoms in total. The van der Waals surface area contributed by atoms with Crippen LogP contribution in [0.1, 0.15) is 44.2 Å². The topological polar surface area (TPSA) is 121 Å². The number of H-pyrrole nitrogens is 1. The van der Waals surface area contributed by atoms with Crippen LogP contribution in [-0.2, 0) is 0 Å². The average molecular weight is 568 g/mol. The van der Waals surface area contributed by atoms with Crippen molar-refractivity contribution in [2.75, 3.05) is 38.2 Å². The van der Waals surface area contributed by atoms with E-state index in [-0.39, 0.29) is 60.2 Å². The first-order valence-corrected chi connectivity index (χ1v) is 14.1. The second kappa shape index (κ2) is 10.6. The van der Waals surface area contributed by atoms with Gasteiger partial charge >= 0.3 is 6.01 Å². The highest BCUT2D eigenvalue weighted by Gasteiger charge is 2.49.